The van der Waals surface area contributed by atoms with Crippen LogP contribution in [0.2, 0.25) is 0 Å². The van der Waals surface area contributed by atoms with Crippen molar-refractivity contribution in [1.82, 2.24) is 4.98 Å². The third kappa shape index (κ3) is 6.30. The predicted molar refractivity (Wildman–Crippen MR) is 211 cm³/mol. The lowest BCUT2D eigenvalue weighted by Crippen LogP contribution is -1.93. The summed E-state index contributed by atoms with van der Waals surface area (Å²) in [5, 5.41) is 0. The van der Waals surface area contributed by atoms with Gasteiger partial charge in [0.05, 0.1) is 24.6 Å². The Bertz CT molecular complexity index is 2360. The van der Waals surface area contributed by atoms with Crippen LogP contribution in [0.5, 0.6) is 0 Å². The predicted octanol–water partition coefficient (Wildman–Crippen LogP) is 12.8. The second-order valence-corrected chi connectivity index (χ2v) is 13.1. The van der Waals surface area contributed by atoms with Gasteiger partial charge in [0.1, 0.15) is 0 Å². The zero-order valence-corrected chi connectivity index (χ0v) is 28.2. The maximum absolute atomic E-state index is 6.31. The van der Waals surface area contributed by atoms with Crippen molar-refractivity contribution in [2.45, 2.75) is 13.2 Å². The maximum atomic E-state index is 6.31. The molecule has 0 spiro atoms. The molecule has 242 valence electrons. The van der Waals surface area contributed by atoms with Gasteiger partial charge in [-0.05, 0) is 109 Å². The summed E-state index contributed by atoms with van der Waals surface area (Å²) < 4.78 is 6.31. The number of benzene rings is 7. The molecule has 2 nitrogen and oxygen atoms in total. The van der Waals surface area contributed by atoms with Crippen molar-refractivity contribution >= 4 is 0 Å². The van der Waals surface area contributed by atoms with Crippen molar-refractivity contribution in [3.8, 4) is 78.1 Å². The van der Waals surface area contributed by atoms with E-state index in [0.717, 1.165) is 33.6 Å². The number of hydrogen-bond donors (Lipinski definition) is 0. The first kappa shape index (κ1) is 30.7. The third-order valence-corrected chi connectivity index (χ3v) is 9.80. The molecule has 0 aliphatic carbocycles. The van der Waals surface area contributed by atoms with Crippen molar-refractivity contribution in [2.24, 2.45) is 0 Å². The van der Waals surface area contributed by atoms with Crippen LogP contribution in [0.3, 0.4) is 0 Å². The Balaban J connectivity index is 1.14. The first-order chi connectivity index (χ1) is 25.2. The highest BCUT2D eigenvalue weighted by Gasteiger charge is 2.18. The van der Waals surface area contributed by atoms with Gasteiger partial charge in [-0.1, -0.05) is 146 Å². The SMILES string of the molecule is c1ccc(-c2cc(-c3ccccc3)cc(-c3ccc4c(c3)COCc3ccc(-c5cc(-c6ccccc6)nc(-c6ccccc6)c5)cc3-4)c2)cc1. The van der Waals surface area contributed by atoms with Crippen molar-refractivity contribution in [2.75, 3.05) is 0 Å². The molecule has 51 heavy (non-hydrogen) atoms. The van der Waals surface area contributed by atoms with Crippen LogP contribution in [0.15, 0.2) is 188 Å². The Kier molecular flexibility index (Phi) is 8.13. The number of hydrogen-bond acceptors (Lipinski definition) is 2. The lowest BCUT2D eigenvalue weighted by Gasteiger charge is -2.15. The quantitative estimate of drug-likeness (QED) is 0.178. The lowest BCUT2D eigenvalue weighted by atomic mass is 9.89. The van der Waals surface area contributed by atoms with E-state index in [1.807, 2.05) is 12.1 Å². The fraction of sp³-hybridized carbons (Fsp3) is 0.0408. The Morgan fingerprint density at radius 2 is 0.725 bits per heavy atom. The van der Waals surface area contributed by atoms with Gasteiger partial charge in [0.15, 0.2) is 0 Å². The maximum Gasteiger partial charge on any atom is 0.0727 e. The van der Waals surface area contributed by atoms with Gasteiger partial charge in [0.25, 0.3) is 0 Å². The van der Waals surface area contributed by atoms with E-state index in [2.05, 4.69) is 176 Å². The summed E-state index contributed by atoms with van der Waals surface area (Å²) in [4.78, 5) is 5.11. The minimum absolute atomic E-state index is 0.558. The first-order valence-corrected chi connectivity index (χ1v) is 17.5. The van der Waals surface area contributed by atoms with Crippen LogP contribution in [-0.2, 0) is 18.0 Å². The van der Waals surface area contributed by atoms with Gasteiger partial charge in [-0.15, -0.1) is 0 Å². The molecule has 9 rings (SSSR count). The van der Waals surface area contributed by atoms with Gasteiger partial charge in [-0.25, -0.2) is 4.98 Å². The molecule has 0 radical (unpaired) electrons. The van der Waals surface area contributed by atoms with E-state index in [1.54, 1.807) is 0 Å². The fourth-order valence-corrected chi connectivity index (χ4v) is 7.16. The van der Waals surface area contributed by atoms with Crippen LogP contribution in [0.4, 0.5) is 0 Å². The summed E-state index contributed by atoms with van der Waals surface area (Å²) in [5.74, 6) is 0. The monoisotopic (exact) mass is 653 g/mol. The summed E-state index contributed by atoms with van der Waals surface area (Å²) in [6.07, 6.45) is 0. The topological polar surface area (TPSA) is 22.1 Å². The van der Waals surface area contributed by atoms with Gasteiger partial charge < -0.3 is 4.74 Å². The Hall–Kier alpha value is -6.35. The lowest BCUT2D eigenvalue weighted by molar-refractivity contribution is 0.110. The van der Waals surface area contributed by atoms with Crippen LogP contribution < -0.4 is 0 Å². The van der Waals surface area contributed by atoms with Crippen LogP contribution in [0.1, 0.15) is 11.1 Å². The average molecular weight is 654 g/mol. The Morgan fingerprint density at radius 1 is 0.294 bits per heavy atom. The summed E-state index contributed by atoms with van der Waals surface area (Å²) in [6.45, 7) is 1.13. The Labute approximate surface area is 299 Å². The Morgan fingerprint density at radius 3 is 1.27 bits per heavy atom. The zero-order chi connectivity index (χ0) is 34.0. The molecule has 0 unspecified atom stereocenters. The van der Waals surface area contributed by atoms with E-state index in [4.69, 9.17) is 9.72 Å². The number of pyridine rings is 1. The minimum Gasteiger partial charge on any atom is -0.372 e. The van der Waals surface area contributed by atoms with Crippen molar-refractivity contribution in [1.29, 1.82) is 0 Å². The van der Waals surface area contributed by atoms with E-state index < -0.39 is 0 Å². The van der Waals surface area contributed by atoms with E-state index in [-0.39, 0.29) is 0 Å². The molecule has 8 aromatic rings. The highest BCUT2D eigenvalue weighted by molar-refractivity contribution is 5.85. The van der Waals surface area contributed by atoms with Crippen molar-refractivity contribution < 1.29 is 4.74 Å². The minimum atomic E-state index is 0.558. The molecule has 0 saturated heterocycles. The molecule has 0 atom stereocenters. The first-order valence-electron chi connectivity index (χ1n) is 17.5. The molecular weight excluding hydrogens is 619 g/mol. The molecule has 1 aromatic heterocycles. The number of rotatable bonds is 6. The molecule has 0 amide bonds. The molecule has 7 aromatic carbocycles. The summed E-state index contributed by atoms with van der Waals surface area (Å²) in [5.41, 5.74) is 18.4. The van der Waals surface area contributed by atoms with Crippen LogP contribution >= 0.6 is 0 Å². The molecule has 2 heterocycles. The van der Waals surface area contributed by atoms with Gasteiger partial charge in [-0.3, -0.25) is 0 Å². The highest BCUT2D eigenvalue weighted by atomic mass is 16.5. The van der Waals surface area contributed by atoms with Gasteiger partial charge in [0.2, 0.25) is 0 Å². The molecule has 0 N–H and O–H groups in total. The number of aromatic nitrogens is 1. The second kappa shape index (κ2) is 13.5. The highest BCUT2D eigenvalue weighted by Crippen LogP contribution is 2.40. The number of nitrogens with zero attached hydrogens (tertiary/aromatic N) is 1. The van der Waals surface area contributed by atoms with Gasteiger partial charge in [0, 0.05) is 11.1 Å². The van der Waals surface area contributed by atoms with Crippen molar-refractivity contribution in [3.63, 3.8) is 0 Å². The summed E-state index contributed by atoms with van der Waals surface area (Å²) in [7, 11) is 0. The number of ether oxygens (including phenoxy) is 1. The van der Waals surface area contributed by atoms with E-state index in [9.17, 15) is 0 Å². The average Bonchev–Trinajstić information content (AvgIpc) is 3.40. The fourth-order valence-electron chi connectivity index (χ4n) is 7.16. The normalized spacial score (nSPS) is 12.1. The molecule has 0 bridgehead atoms. The molecule has 0 fully saturated rings. The standard InChI is InChI=1S/C49H35NO/c1-5-13-34(14-6-1)41-26-42(35-15-7-2-8-16-35)28-43(27-41)38-23-24-46-45(25-38)33-51-32-40-22-21-39(29-47(40)46)44-30-48(36-17-9-3-10-18-36)50-49(31-44)37-19-11-4-12-20-37/h1-31H,32-33H2. The van der Waals surface area contributed by atoms with Gasteiger partial charge in [-0.2, -0.15) is 0 Å². The molecule has 1 aliphatic rings. The molecule has 0 saturated carbocycles. The van der Waals surface area contributed by atoms with Crippen molar-refractivity contribution in [3.05, 3.63) is 199 Å². The van der Waals surface area contributed by atoms with Crippen LogP contribution in [-0.4, -0.2) is 4.98 Å². The van der Waals surface area contributed by atoms with E-state index in [0.29, 0.717) is 13.2 Å². The molecule has 2 heteroatoms. The number of fused-ring (bicyclic) bond motifs is 3. The smallest absolute Gasteiger partial charge is 0.0727 e. The molecule has 1 aliphatic heterocycles. The zero-order valence-electron chi connectivity index (χ0n) is 28.2. The van der Waals surface area contributed by atoms with Gasteiger partial charge >= 0.3 is 0 Å². The summed E-state index contributed by atoms with van der Waals surface area (Å²) in [6, 6.07) is 67.2. The van der Waals surface area contributed by atoms with E-state index >= 15 is 0 Å². The van der Waals surface area contributed by atoms with Crippen LogP contribution in [0.25, 0.3) is 78.1 Å². The molecular formula is C49H35NO. The summed E-state index contributed by atoms with van der Waals surface area (Å²) >= 11 is 0. The van der Waals surface area contributed by atoms with E-state index in [1.165, 1.54) is 55.6 Å². The largest absolute Gasteiger partial charge is 0.372 e. The third-order valence-electron chi connectivity index (χ3n) is 9.80. The van der Waals surface area contributed by atoms with Crippen LogP contribution in [0, 0.1) is 0 Å². The second-order valence-electron chi connectivity index (χ2n) is 13.1.